The van der Waals surface area contributed by atoms with Crippen LogP contribution in [-0.4, -0.2) is 20.7 Å². The first-order valence-corrected chi connectivity index (χ1v) is 6.90. The fraction of sp³-hybridized carbons (Fsp3) is 0.154. The number of hydrogen-bond donors (Lipinski definition) is 0. The molecule has 1 nitrogen and oxygen atoms in total. The van der Waals surface area contributed by atoms with Crippen LogP contribution >= 0.6 is 0 Å². The molecule has 76 valence electrons. The van der Waals surface area contributed by atoms with Crippen molar-refractivity contribution in [3.05, 3.63) is 56.9 Å². The van der Waals surface area contributed by atoms with Crippen LogP contribution in [-0.2, 0) is 6.54 Å². The molecule has 0 spiro atoms. The van der Waals surface area contributed by atoms with E-state index in [0.717, 1.165) is 6.54 Å². The zero-order chi connectivity index (χ0) is 10.5. The van der Waals surface area contributed by atoms with Crippen molar-refractivity contribution in [2.24, 2.45) is 4.99 Å². The standard InChI is InChI=1S/C13H13NSe/c1-11-4-2-3-5-13(11)9-14-8-12-6-7-15-10-12/h2-8,10H,9H2,1H3. The summed E-state index contributed by atoms with van der Waals surface area (Å²) in [6, 6.07) is 10.5. The molecule has 0 N–H and O–H groups in total. The first-order valence-electron chi connectivity index (χ1n) is 4.93. The Morgan fingerprint density at radius 2 is 2.13 bits per heavy atom. The van der Waals surface area contributed by atoms with Gasteiger partial charge in [-0.3, -0.25) is 0 Å². The van der Waals surface area contributed by atoms with Gasteiger partial charge in [0.1, 0.15) is 0 Å². The molecule has 1 heterocycles. The molecule has 0 aliphatic heterocycles. The van der Waals surface area contributed by atoms with Gasteiger partial charge in [0, 0.05) is 0 Å². The summed E-state index contributed by atoms with van der Waals surface area (Å²) < 4.78 is 0. The Bertz CT molecular complexity index is 443. The van der Waals surface area contributed by atoms with Gasteiger partial charge < -0.3 is 0 Å². The van der Waals surface area contributed by atoms with E-state index in [4.69, 9.17) is 0 Å². The summed E-state index contributed by atoms with van der Waals surface area (Å²) in [5, 5.41) is 0. The van der Waals surface area contributed by atoms with Gasteiger partial charge >= 0.3 is 96.1 Å². The van der Waals surface area contributed by atoms with E-state index in [-0.39, 0.29) is 0 Å². The summed E-state index contributed by atoms with van der Waals surface area (Å²) in [5.74, 6) is 0. The van der Waals surface area contributed by atoms with Crippen LogP contribution in [0, 0.1) is 6.92 Å². The van der Waals surface area contributed by atoms with E-state index in [1.54, 1.807) is 0 Å². The average molecular weight is 262 g/mol. The normalized spacial score (nSPS) is 11.0. The molecule has 0 atom stereocenters. The third-order valence-corrected chi connectivity index (χ3v) is 3.78. The number of rotatable bonds is 3. The van der Waals surface area contributed by atoms with Crippen molar-refractivity contribution < 1.29 is 0 Å². The summed E-state index contributed by atoms with van der Waals surface area (Å²) in [4.78, 5) is 8.90. The van der Waals surface area contributed by atoms with Crippen LogP contribution in [0.25, 0.3) is 0 Å². The molecule has 0 aliphatic rings. The minimum atomic E-state index is 0.560. The molecule has 0 amide bonds. The van der Waals surface area contributed by atoms with Crippen LogP contribution < -0.4 is 0 Å². The Labute approximate surface area is 96.2 Å². The molecule has 2 aromatic rings. The molecule has 1 aromatic carbocycles. The van der Waals surface area contributed by atoms with Gasteiger partial charge in [-0.2, -0.15) is 0 Å². The molecule has 0 bridgehead atoms. The van der Waals surface area contributed by atoms with Crippen molar-refractivity contribution >= 4 is 20.7 Å². The van der Waals surface area contributed by atoms with Crippen molar-refractivity contribution in [3.63, 3.8) is 0 Å². The summed E-state index contributed by atoms with van der Waals surface area (Å²) in [7, 11) is 0. The van der Waals surface area contributed by atoms with E-state index in [1.165, 1.54) is 16.7 Å². The van der Waals surface area contributed by atoms with Crippen molar-refractivity contribution in [2.75, 3.05) is 0 Å². The molecular weight excluding hydrogens is 249 g/mol. The van der Waals surface area contributed by atoms with Crippen molar-refractivity contribution in [1.82, 2.24) is 0 Å². The van der Waals surface area contributed by atoms with Gasteiger partial charge in [0.2, 0.25) is 0 Å². The van der Waals surface area contributed by atoms with E-state index in [1.807, 2.05) is 6.21 Å². The second-order valence-electron chi connectivity index (χ2n) is 3.45. The van der Waals surface area contributed by atoms with Crippen LogP contribution in [0.3, 0.4) is 0 Å². The SMILES string of the molecule is Cc1ccccc1CN=Cc1cc[se]c1. The number of nitrogens with zero attached hydrogens (tertiary/aromatic N) is 1. The van der Waals surface area contributed by atoms with Gasteiger partial charge in [0.25, 0.3) is 0 Å². The topological polar surface area (TPSA) is 12.4 Å². The molecule has 0 saturated carbocycles. The molecular formula is C13H13NSe. The Balaban J connectivity index is 2.02. The van der Waals surface area contributed by atoms with E-state index < -0.39 is 0 Å². The Morgan fingerprint density at radius 1 is 1.27 bits per heavy atom. The second kappa shape index (κ2) is 5.11. The predicted molar refractivity (Wildman–Crippen MR) is 65.9 cm³/mol. The Kier molecular flexibility index (Phi) is 3.54. The number of hydrogen-bond acceptors (Lipinski definition) is 1. The zero-order valence-electron chi connectivity index (χ0n) is 8.68. The summed E-state index contributed by atoms with van der Waals surface area (Å²) in [5.41, 5.74) is 3.88. The van der Waals surface area contributed by atoms with Gasteiger partial charge in [-0.15, -0.1) is 0 Å². The monoisotopic (exact) mass is 263 g/mol. The quantitative estimate of drug-likeness (QED) is 0.595. The maximum absolute atomic E-state index is 4.45. The van der Waals surface area contributed by atoms with Crippen LogP contribution in [0.1, 0.15) is 16.7 Å². The van der Waals surface area contributed by atoms with E-state index >= 15 is 0 Å². The average Bonchev–Trinajstić information content (AvgIpc) is 2.74. The molecule has 2 rings (SSSR count). The molecule has 1 aromatic heterocycles. The summed E-state index contributed by atoms with van der Waals surface area (Å²) >= 11 is 0.560. The predicted octanol–water partition coefficient (Wildman–Crippen LogP) is 2.67. The van der Waals surface area contributed by atoms with E-state index in [9.17, 15) is 0 Å². The van der Waals surface area contributed by atoms with Crippen molar-refractivity contribution in [1.29, 1.82) is 0 Å². The van der Waals surface area contributed by atoms with Gasteiger partial charge in [-0.05, 0) is 0 Å². The minimum absolute atomic E-state index is 0.560. The van der Waals surface area contributed by atoms with Gasteiger partial charge in [-0.25, -0.2) is 0 Å². The molecule has 15 heavy (non-hydrogen) atoms. The molecule has 0 unspecified atom stereocenters. The van der Waals surface area contributed by atoms with Crippen LogP contribution in [0.5, 0.6) is 0 Å². The zero-order valence-corrected chi connectivity index (χ0v) is 10.4. The van der Waals surface area contributed by atoms with Crippen LogP contribution in [0.4, 0.5) is 0 Å². The van der Waals surface area contributed by atoms with Crippen LogP contribution in [0.2, 0.25) is 0 Å². The second-order valence-corrected chi connectivity index (χ2v) is 5.09. The summed E-state index contributed by atoms with van der Waals surface area (Å²) in [6.45, 7) is 2.91. The van der Waals surface area contributed by atoms with Crippen LogP contribution in [0.15, 0.2) is 45.2 Å². The molecule has 0 radical (unpaired) electrons. The molecule has 2 heteroatoms. The summed E-state index contributed by atoms with van der Waals surface area (Å²) in [6.07, 6.45) is 1.97. The molecule has 0 saturated heterocycles. The Hall–Kier alpha value is -1.11. The molecule has 0 aliphatic carbocycles. The van der Waals surface area contributed by atoms with Gasteiger partial charge in [0.15, 0.2) is 0 Å². The molecule has 0 fully saturated rings. The van der Waals surface area contributed by atoms with Gasteiger partial charge in [0.05, 0.1) is 0 Å². The van der Waals surface area contributed by atoms with Crippen molar-refractivity contribution in [2.45, 2.75) is 13.5 Å². The third-order valence-electron chi connectivity index (χ3n) is 2.31. The maximum atomic E-state index is 4.45. The number of benzene rings is 1. The van der Waals surface area contributed by atoms with Gasteiger partial charge in [-0.1, -0.05) is 0 Å². The fourth-order valence-corrected chi connectivity index (χ4v) is 2.67. The van der Waals surface area contributed by atoms with Crippen molar-refractivity contribution in [3.8, 4) is 0 Å². The number of aryl methyl sites for hydroxylation is 1. The first kappa shape index (κ1) is 10.4. The number of aliphatic imine (C=N–C) groups is 1. The first-order chi connectivity index (χ1) is 7.36. The van der Waals surface area contributed by atoms with E-state index in [0.29, 0.717) is 14.5 Å². The fourth-order valence-electron chi connectivity index (χ4n) is 1.39. The van der Waals surface area contributed by atoms with E-state index in [2.05, 4.69) is 52.1 Å². The third kappa shape index (κ3) is 2.92. The Morgan fingerprint density at radius 3 is 2.87 bits per heavy atom.